The number of alkyl halides is 1. The molecule has 0 radical (unpaired) electrons. The number of piperidine rings is 1. The van der Waals surface area contributed by atoms with E-state index in [0.29, 0.717) is 29.7 Å². The lowest BCUT2D eigenvalue weighted by molar-refractivity contribution is 0.382. The first-order valence-corrected chi connectivity index (χ1v) is 14.1. The van der Waals surface area contributed by atoms with Crippen molar-refractivity contribution in [3.63, 3.8) is 0 Å². The highest BCUT2D eigenvalue weighted by Crippen LogP contribution is 2.33. The first-order chi connectivity index (χ1) is 18.3. The largest absolute Gasteiger partial charge is 0.494 e. The number of methoxy groups -OCH3 is 1. The fraction of sp³-hybridized carbons (Fsp3) is 0.423. The highest BCUT2D eigenvalue weighted by Gasteiger charge is 2.23. The number of nitrogens with one attached hydrogen (secondary N) is 3. The predicted molar refractivity (Wildman–Crippen MR) is 147 cm³/mol. The minimum Gasteiger partial charge on any atom is -0.494 e. The van der Waals surface area contributed by atoms with Gasteiger partial charge in [0.05, 0.1) is 28.6 Å². The SMILES string of the molecule is COc1cc(N2CCC(NCCF)CC2)ccc1Nc1ncnc(Nc2ccccc2S(=O)(=O)C(C)C)n1. The highest BCUT2D eigenvalue weighted by atomic mass is 32.2. The molecule has 0 saturated carbocycles. The first-order valence-electron chi connectivity index (χ1n) is 12.6. The molecule has 0 spiro atoms. The molecular formula is C26H34FN7O3S. The maximum absolute atomic E-state index is 12.8. The van der Waals surface area contributed by atoms with Crippen LogP contribution in [0.25, 0.3) is 0 Å². The molecule has 0 atom stereocenters. The summed E-state index contributed by atoms with van der Waals surface area (Å²) in [6, 6.07) is 12.9. The number of nitrogens with zero attached hydrogens (tertiary/aromatic N) is 4. The lowest BCUT2D eigenvalue weighted by Crippen LogP contribution is -2.43. The van der Waals surface area contributed by atoms with Crippen LogP contribution in [0.5, 0.6) is 5.75 Å². The van der Waals surface area contributed by atoms with Crippen LogP contribution in [0.2, 0.25) is 0 Å². The van der Waals surface area contributed by atoms with Crippen molar-refractivity contribution in [3.8, 4) is 5.75 Å². The Balaban J connectivity index is 1.48. The maximum atomic E-state index is 12.8. The first kappa shape index (κ1) is 27.5. The zero-order valence-corrected chi connectivity index (χ0v) is 22.6. The van der Waals surface area contributed by atoms with E-state index < -0.39 is 15.1 Å². The topological polar surface area (TPSA) is 121 Å². The number of anilines is 5. The van der Waals surface area contributed by atoms with Gasteiger partial charge in [-0.05, 0) is 51.0 Å². The van der Waals surface area contributed by atoms with Crippen LogP contribution in [0, 0.1) is 0 Å². The quantitative estimate of drug-likeness (QED) is 0.326. The summed E-state index contributed by atoms with van der Waals surface area (Å²) in [5.41, 5.74) is 2.11. The van der Waals surface area contributed by atoms with E-state index >= 15 is 0 Å². The van der Waals surface area contributed by atoms with Gasteiger partial charge in [0.1, 0.15) is 18.8 Å². The third-order valence-corrected chi connectivity index (χ3v) is 8.66. The Kier molecular flexibility index (Phi) is 8.95. The Labute approximate surface area is 223 Å². The van der Waals surface area contributed by atoms with Crippen LogP contribution in [0.1, 0.15) is 26.7 Å². The van der Waals surface area contributed by atoms with Gasteiger partial charge in [0, 0.05) is 37.4 Å². The summed E-state index contributed by atoms with van der Waals surface area (Å²) >= 11 is 0. The summed E-state index contributed by atoms with van der Waals surface area (Å²) in [4.78, 5) is 15.2. The fourth-order valence-electron chi connectivity index (χ4n) is 4.31. The van der Waals surface area contributed by atoms with Crippen molar-refractivity contribution >= 4 is 38.8 Å². The van der Waals surface area contributed by atoms with Crippen LogP contribution >= 0.6 is 0 Å². The van der Waals surface area contributed by atoms with Crippen LogP contribution in [0.15, 0.2) is 53.7 Å². The fourth-order valence-corrected chi connectivity index (χ4v) is 5.51. The monoisotopic (exact) mass is 543 g/mol. The summed E-state index contributed by atoms with van der Waals surface area (Å²) in [7, 11) is -1.90. The molecule has 0 aliphatic carbocycles. The van der Waals surface area contributed by atoms with Crippen LogP contribution in [0.3, 0.4) is 0 Å². The van der Waals surface area contributed by atoms with Gasteiger partial charge in [-0.1, -0.05) is 12.1 Å². The van der Waals surface area contributed by atoms with E-state index in [4.69, 9.17) is 4.74 Å². The van der Waals surface area contributed by atoms with Gasteiger partial charge in [0.15, 0.2) is 9.84 Å². The number of hydrogen-bond donors (Lipinski definition) is 3. The van der Waals surface area contributed by atoms with Crippen LogP contribution in [0.4, 0.5) is 33.3 Å². The van der Waals surface area contributed by atoms with E-state index in [1.165, 1.54) is 6.33 Å². The van der Waals surface area contributed by atoms with E-state index in [1.54, 1.807) is 45.2 Å². The molecule has 2 aromatic carbocycles. The standard InChI is InChI=1S/C26H34FN7O3S/c1-18(2)38(35,36)24-7-5-4-6-22(24)32-26-30-17-29-25(33-26)31-21-9-8-20(16-23(21)37-3)34-14-10-19(11-15-34)28-13-12-27/h4-9,16-19,28H,10-15H2,1-3H3,(H2,29,30,31,32,33). The number of halogens is 1. The second-order valence-corrected chi connectivity index (χ2v) is 11.7. The molecule has 1 aromatic heterocycles. The van der Waals surface area contributed by atoms with Crippen LogP contribution in [-0.4, -0.2) is 68.1 Å². The van der Waals surface area contributed by atoms with Gasteiger partial charge in [-0.2, -0.15) is 4.98 Å². The Bertz CT molecular complexity index is 1330. The van der Waals surface area contributed by atoms with Crippen molar-refractivity contribution < 1.29 is 17.5 Å². The van der Waals surface area contributed by atoms with E-state index in [0.717, 1.165) is 31.6 Å². The number of sulfone groups is 1. The zero-order valence-electron chi connectivity index (χ0n) is 21.8. The van der Waals surface area contributed by atoms with Crippen molar-refractivity contribution in [2.45, 2.75) is 42.9 Å². The Morgan fingerprint density at radius 2 is 1.74 bits per heavy atom. The van der Waals surface area contributed by atoms with Gasteiger partial charge in [0.25, 0.3) is 0 Å². The van der Waals surface area contributed by atoms with Gasteiger partial charge in [-0.25, -0.2) is 22.8 Å². The summed E-state index contributed by atoms with van der Waals surface area (Å²) in [6.45, 7) is 5.08. The molecule has 10 nitrogen and oxygen atoms in total. The second-order valence-electron chi connectivity index (χ2n) is 9.26. The molecule has 1 saturated heterocycles. The van der Waals surface area contributed by atoms with E-state index in [2.05, 4.69) is 35.8 Å². The molecule has 1 fully saturated rings. The Morgan fingerprint density at radius 1 is 1.05 bits per heavy atom. The van der Waals surface area contributed by atoms with Gasteiger partial charge < -0.3 is 25.6 Å². The van der Waals surface area contributed by atoms with Crippen LogP contribution in [-0.2, 0) is 9.84 Å². The van der Waals surface area contributed by atoms with Crippen molar-refractivity contribution in [2.24, 2.45) is 0 Å². The number of ether oxygens (including phenoxy) is 1. The average molecular weight is 544 g/mol. The van der Waals surface area contributed by atoms with Crippen molar-refractivity contribution in [3.05, 3.63) is 48.8 Å². The van der Waals surface area contributed by atoms with Gasteiger partial charge in [-0.3, -0.25) is 0 Å². The zero-order chi connectivity index (χ0) is 27.1. The summed E-state index contributed by atoms with van der Waals surface area (Å²) in [5.74, 6) is 1.11. The average Bonchev–Trinajstić information content (AvgIpc) is 2.93. The molecule has 38 heavy (non-hydrogen) atoms. The van der Waals surface area contributed by atoms with Gasteiger partial charge in [-0.15, -0.1) is 0 Å². The Morgan fingerprint density at radius 3 is 2.39 bits per heavy atom. The lowest BCUT2D eigenvalue weighted by atomic mass is 10.0. The minimum absolute atomic E-state index is 0.185. The van der Waals surface area contributed by atoms with Crippen molar-refractivity contribution in [1.82, 2.24) is 20.3 Å². The third kappa shape index (κ3) is 6.48. The Hall–Kier alpha value is -3.51. The predicted octanol–water partition coefficient (Wildman–Crippen LogP) is 4.08. The molecule has 1 aliphatic heterocycles. The molecule has 204 valence electrons. The smallest absolute Gasteiger partial charge is 0.232 e. The summed E-state index contributed by atoms with van der Waals surface area (Å²) < 4.78 is 43.6. The van der Waals surface area contributed by atoms with E-state index in [-0.39, 0.29) is 23.5 Å². The number of benzene rings is 2. The van der Waals surface area contributed by atoms with Gasteiger partial charge >= 0.3 is 0 Å². The third-order valence-electron chi connectivity index (χ3n) is 6.45. The van der Waals surface area contributed by atoms with Crippen molar-refractivity contribution in [1.29, 1.82) is 0 Å². The molecule has 12 heteroatoms. The second kappa shape index (κ2) is 12.4. The number of rotatable bonds is 11. The number of hydrogen-bond acceptors (Lipinski definition) is 10. The normalized spacial score (nSPS) is 14.5. The highest BCUT2D eigenvalue weighted by molar-refractivity contribution is 7.92. The lowest BCUT2D eigenvalue weighted by Gasteiger charge is -2.34. The molecular weight excluding hydrogens is 509 g/mol. The summed E-state index contributed by atoms with van der Waals surface area (Å²) in [6.07, 6.45) is 3.24. The number of para-hydroxylation sites is 1. The molecule has 0 amide bonds. The molecule has 1 aliphatic rings. The van der Waals surface area contributed by atoms with E-state index in [1.807, 2.05) is 18.2 Å². The van der Waals surface area contributed by atoms with Crippen molar-refractivity contribution in [2.75, 3.05) is 49.0 Å². The van der Waals surface area contributed by atoms with Crippen LogP contribution < -0.4 is 25.6 Å². The number of aromatic nitrogens is 3. The van der Waals surface area contributed by atoms with Gasteiger partial charge in [0.2, 0.25) is 11.9 Å². The molecule has 2 heterocycles. The molecule has 0 unspecified atom stereocenters. The molecule has 4 rings (SSSR count). The molecule has 0 bridgehead atoms. The van der Waals surface area contributed by atoms with E-state index in [9.17, 15) is 12.8 Å². The summed E-state index contributed by atoms with van der Waals surface area (Å²) in [5, 5.41) is 8.85. The molecule has 3 N–H and O–H groups in total. The maximum Gasteiger partial charge on any atom is 0.232 e. The minimum atomic E-state index is -3.50. The molecule has 3 aromatic rings.